The second kappa shape index (κ2) is 5.86. The Morgan fingerprint density at radius 1 is 1.48 bits per heavy atom. The predicted octanol–water partition coefficient (Wildman–Crippen LogP) is 2.04. The van der Waals surface area contributed by atoms with Crippen LogP contribution < -0.4 is 15.6 Å². The number of anilines is 1. The minimum Gasteiger partial charge on any atom is -0.478 e. The number of aromatic carboxylic acids is 1. The Bertz CT molecular complexity index is 853. The molecule has 0 spiro atoms. The molecule has 1 aliphatic rings. The van der Waals surface area contributed by atoms with Crippen molar-refractivity contribution in [2.75, 3.05) is 24.5 Å². The summed E-state index contributed by atoms with van der Waals surface area (Å²) >= 11 is 0.796. The minimum atomic E-state index is -1.41. The number of piperazine rings is 1. The number of nitrogens with one attached hydrogen (secondary N) is 1. The summed E-state index contributed by atoms with van der Waals surface area (Å²) in [5.74, 6) is -3.07. The summed E-state index contributed by atoms with van der Waals surface area (Å²) in [5, 5.41) is 13.0. The van der Waals surface area contributed by atoms with Gasteiger partial charge >= 0.3 is 5.97 Å². The van der Waals surface area contributed by atoms with E-state index in [1.54, 1.807) is 4.90 Å². The van der Waals surface area contributed by atoms with E-state index >= 15 is 0 Å². The molecule has 5 nitrogen and oxygen atoms in total. The van der Waals surface area contributed by atoms with Gasteiger partial charge in [0.25, 0.3) is 0 Å². The standard InChI is InChI=1S/C15H14F2N2O3S/c1-7-5-19(3-2-18-7)12-10(16)4-8-13(20)9(15(21)22)6-23-14(8)11(12)17/h4,6-7,18H,2-3,5H2,1H3,(H,21,22). The van der Waals surface area contributed by atoms with Crippen LogP contribution in [0.5, 0.6) is 0 Å². The molecule has 0 amide bonds. The molecule has 0 saturated carbocycles. The highest BCUT2D eigenvalue weighted by atomic mass is 32.1. The summed E-state index contributed by atoms with van der Waals surface area (Å²) in [6, 6.07) is 1.03. The van der Waals surface area contributed by atoms with E-state index in [9.17, 15) is 18.4 Å². The van der Waals surface area contributed by atoms with Gasteiger partial charge in [-0.3, -0.25) is 4.79 Å². The van der Waals surface area contributed by atoms with Gasteiger partial charge in [0.15, 0.2) is 5.82 Å². The number of rotatable bonds is 2. The Morgan fingerprint density at radius 3 is 2.87 bits per heavy atom. The lowest BCUT2D eigenvalue weighted by molar-refractivity contribution is 0.0696. The Morgan fingerprint density at radius 2 is 2.22 bits per heavy atom. The maximum atomic E-state index is 14.8. The molecular formula is C15H14F2N2O3S. The average molecular weight is 340 g/mol. The van der Waals surface area contributed by atoms with E-state index in [1.165, 1.54) is 0 Å². The van der Waals surface area contributed by atoms with Gasteiger partial charge in [0, 0.05) is 36.4 Å². The second-order valence-electron chi connectivity index (χ2n) is 5.48. The summed E-state index contributed by atoms with van der Waals surface area (Å²) in [6.45, 7) is 3.42. The fourth-order valence-corrected chi connectivity index (χ4v) is 3.69. The molecule has 0 bridgehead atoms. The molecule has 2 heterocycles. The third-order valence-electron chi connectivity index (χ3n) is 3.85. The molecule has 3 rings (SSSR count). The highest BCUT2D eigenvalue weighted by Crippen LogP contribution is 2.32. The topological polar surface area (TPSA) is 69.6 Å². The molecule has 23 heavy (non-hydrogen) atoms. The van der Waals surface area contributed by atoms with Crippen LogP contribution >= 0.6 is 11.3 Å². The van der Waals surface area contributed by atoms with Crippen LogP contribution in [0, 0.1) is 11.6 Å². The number of hydrogen-bond donors (Lipinski definition) is 2. The van der Waals surface area contributed by atoms with Crippen molar-refractivity contribution in [1.82, 2.24) is 5.32 Å². The van der Waals surface area contributed by atoms with Gasteiger partial charge in [-0.25, -0.2) is 13.6 Å². The van der Waals surface area contributed by atoms with Crippen LogP contribution in [0.4, 0.5) is 14.5 Å². The van der Waals surface area contributed by atoms with E-state index in [4.69, 9.17) is 5.11 Å². The van der Waals surface area contributed by atoms with Crippen LogP contribution in [0.1, 0.15) is 17.3 Å². The minimum absolute atomic E-state index is 0.0254. The zero-order chi connectivity index (χ0) is 16.7. The zero-order valence-corrected chi connectivity index (χ0v) is 13.0. The molecule has 8 heteroatoms. The number of benzene rings is 1. The van der Waals surface area contributed by atoms with Crippen molar-refractivity contribution < 1.29 is 18.7 Å². The Kier molecular flexibility index (Phi) is 4.03. The van der Waals surface area contributed by atoms with Crippen LogP contribution in [0.25, 0.3) is 10.1 Å². The first-order valence-electron chi connectivity index (χ1n) is 7.05. The van der Waals surface area contributed by atoms with Gasteiger partial charge in [-0.1, -0.05) is 0 Å². The maximum absolute atomic E-state index is 14.8. The Hall–Kier alpha value is -2.06. The third kappa shape index (κ3) is 2.68. The van der Waals surface area contributed by atoms with Gasteiger partial charge in [-0.05, 0) is 13.0 Å². The molecule has 1 aliphatic heterocycles. The first-order chi connectivity index (χ1) is 10.9. The van der Waals surface area contributed by atoms with Gasteiger partial charge in [0.1, 0.15) is 17.1 Å². The quantitative estimate of drug-likeness (QED) is 0.876. The lowest BCUT2D eigenvalue weighted by Crippen LogP contribution is -2.49. The predicted molar refractivity (Wildman–Crippen MR) is 84.6 cm³/mol. The summed E-state index contributed by atoms with van der Waals surface area (Å²) in [7, 11) is 0. The van der Waals surface area contributed by atoms with Crippen molar-refractivity contribution in [3.8, 4) is 0 Å². The van der Waals surface area contributed by atoms with Gasteiger partial charge in [0.2, 0.25) is 5.43 Å². The fraction of sp³-hybridized carbons (Fsp3) is 0.333. The number of fused-ring (bicyclic) bond motifs is 1. The van der Waals surface area contributed by atoms with Gasteiger partial charge < -0.3 is 15.3 Å². The number of carboxylic acids is 1. The monoisotopic (exact) mass is 340 g/mol. The Labute approximate surface area is 134 Å². The molecule has 1 atom stereocenters. The van der Waals surface area contributed by atoms with Gasteiger partial charge in [0.05, 0.1) is 4.70 Å². The first-order valence-corrected chi connectivity index (χ1v) is 7.93. The summed E-state index contributed by atoms with van der Waals surface area (Å²) in [4.78, 5) is 24.7. The highest BCUT2D eigenvalue weighted by Gasteiger charge is 2.25. The van der Waals surface area contributed by atoms with Gasteiger partial charge in [-0.2, -0.15) is 0 Å². The van der Waals surface area contributed by atoms with E-state index in [0.717, 1.165) is 22.8 Å². The number of nitrogens with zero attached hydrogens (tertiary/aromatic N) is 1. The van der Waals surface area contributed by atoms with Crippen molar-refractivity contribution in [3.05, 3.63) is 38.9 Å². The van der Waals surface area contributed by atoms with Crippen molar-refractivity contribution >= 4 is 33.1 Å². The van der Waals surface area contributed by atoms with Gasteiger partial charge in [-0.15, -0.1) is 11.3 Å². The normalized spacial score (nSPS) is 18.4. The van der Waals surface area contributed by atoms with E-state index in [0.29, 0.717) is 19.6 Å². The highest BCUT2D eigenvalue weighted by molar-refractivity contribution is 7.16. The van der Waals surface area contributed by atoms with E-state index < -0.39 is 28.6 Å². The maximum Gasteiger partial charge on any atom is 0.340 e. The number of hydrogen-bond acceptors (Lipinski definition) is 5. The molecule has 1 aromatic heterocycles. The smallest absolute Gasteiger partial charge is 0.340 e. The molecule has 2 aromatic rings. The molecule has 2 N–H and O–H groups in total. The molecular weight excluding hydrogens is 326 g/mol. The molecule has 0 aliphatic carbocycles. The van der Waals surface area contributed by atoms with Crippen molar-refractivity contribution in [2.24, 2.45) is 0 Å². The SMILES string of the molecule is CC1CN(c2c(F)cc3c(=O)c(C(=O)O)csc3c2F)CCN1. The van der Waals surface area contributed by atoms with Crippen LogP contribution in [0.2, 0.25) is 0 Å². The van der Waals surface area contributed by atoms with Crippen LogP contribution in [0.3, 0.4) is 0 Å². The van der Waals surface area contributed by atoms with E-state index in [1.807, 2.05) is 6.92 Å². The molecule has 1 unspecified atom stereocenters. The van der Waals surface area contributed by atoms with Crippen molar-refractivity contribution in [3.63, 3.8) is 0 Å². The van der Waals surface area contributed by atoms with Crippen LogP contribution in [-0.4, -0.2) is 36.8 Å². The van der Waals surface area contributed by atoms with Crippen LogP contribution in [-0.2, 0) is 0 Å². The lowest BCUT2D eigenvalue weighted by atomic mass is 10.1. The summed E-state index contributed by atoms with van der Waals surface area (Å²) in [6.07, 6.45) is 0. The second-order valence-corrected chi connectivity index (χ2v) is 6.36. The number of halogens is 2. The molecule has 1 saturated heterocycles. The van der Waals surface area contributed by atoms with E-state index in [2.05, 4.69) is 5.32 Å². The summed E-state index contributed by atoms with van der Waals surface area (Å²) < 4.78 is 29.2. The molecule has 0 radical (unpaired) electrons. The zero-order valence-electron chi connectivity index (χ0n) is 12.2. The lowest BCUT2D eigenvalue weighted by Gasteiger charge is -2.34. The first kappa shape index (κ1) is 15.8. The summed E-state index contributed by atoms with van der Waals surface area (Å²) in [5.41, 5.74) is -1.52. The van der Waals surface area contributed by atoms with E-state index in [-0.39, 0.29) is 21.8 Å². The molecule has 1 fully saturated rings. The Balaban J connectivity index is 2.21. The largest absolute Gasteiger partial charge is 0.478 e. The van der Waals surface area contributed by atoms with Crippen LogP contribution in [0.15, 0.2) is 16.2 Å². The van der Waals surface area contributed by atoms with Crippen molar-refractivity contribution in [1.29, 1.82) is 0 Å². The van der Waals surface area contributed by atoms with Crippen molar-refractivity contribution in [2.45, 2.75) is 13.0 Å². The number of carboxylic acid groups (broad SMARTS) is 1. The average Bonchev–Trinajstić information content (AvgIpc) is 2.48. The number of carbonyl (C=O) groups is 1. The molecule has 122 valence electrons. The third-order valence-corrected chi connectivity index (χ3v) is 4.84. The fourth-order valence-electron chi connectivity index (χ4n) is 2.76. The molecule has 1 aromatic carbocycles.